The molecule has 1 fully saturated rings. The molecule has 0 atom stereocenters. The van der Waals surface area contributed by atoms with Gasteiger partial charge in [0.1, 0.15) is 12.3 Å². The molecule has 2 aromatic rings. The van der Waals surface area contributed by atoms with Gasteiger partial charge in [0.05, 0.1) is 34.4 Å². The summed E-state index contributed by atoms with van der Waals surface area (Å²) in [7, 11) is 5.62. The second-order valence-corrected chi connectivity index (χ2v) is 8.97. The number of likely N-dealkylation sites (tertiary alicyclic amines) is 1. The third-order valence-corrected chi connectivity index (χ3v) is 6.71. The van der Waals surface area contributed by atoms with Crippen LogP contribution in [0.2, 0.25) is 0 Å². The third kappa shape index (κ3) is 4.47. The molecule has 5 heteroatoms. The van der Waals surface area contributed by atoms with Crippen molar-refractivity contribution < 1.29 is 23.5 Å². The molecule has 0 bridgehead atoms. The van der Waals surface area contributed by atoms with Crippen molar-refractivity contribution in [2.45, 2.75) is 32.7 Å². The first-order valence-corrected chi connectivity index (χ1v) is 11.0. The van der Waals surface area contributed by atoms with Gasteiger partial charge in [-0.2, -0.15) is 0 Å². The second-order valence-electron chi connectivity index (χ2n) is 8.97. The van der Waals surface area contributed by atoms with Gasteiger partial charge < -0.3 is 18.7 Å². The molecule has 0 amide bonds. The molecule has 5 nitrogen and oxygen atoms in total. The Bertz CT molecular complexity index is 988. The number of rotatable bonds is 6. The molecule has 1 saturated heterocycles. The van der Waals surface area contributed by atoms with E-state index in [2.05, 4.69) is 37.4 Å². The highest BCUT2D eigenvalue weighted by atomic mass is 16.5. The molecule has 164 valence electrons. The van der Waals surface area contributed by atoms with Crippen molar-refractivity contribution in [3.05, 3.63) is 64.7 Å². The first kappa shape index (κ1) is 21.4. The number of nitrogens with zero attached hydrogens (tertiary/aromatic N) is 1. The number of piperidine rings is 1. The van der Waals surface area contributed by atoms with Crippen molar-refractivity contribution in [2.24, 2.45) is 5.92 Å². The Morgan fingerprint density at radius 3 is 2.29 bits per heavy atom. The van der Waals surface area contributed by atoms with Gasteiger partial charge in [-0.1, -0.05) is 30.3 Å². The van der Waals surface area contributed by atoms with Gasteiger partial charge in [-0.05, 0) is 35.6 Å². The average Bonchev–Trinajstić information content (AvgIpc) is 3.10. The van der Waals surface area contributed by atoms with Crippen LogP contribution >= 0.6 is 0 Å². The first-order valence-electron chi connectivity index (χ1n) is 11.0. The third-order valence-electron chi connectivity index (χ3n) is 6.71. The molecule has 4 rings (SSSR count). The standard InChI is InChI=1S/C26H32NO4/c1-18(28)31-26-22(14-21-15-24(29-3)25(30-4)16-23(21)26)20-10-12-27(2,13-11-20)17-19-8-6-5-7-9-19/h5-9,15-16,20H,10-14,17H2,1-4H3/q+1. The minimum Gasteiger partial charge on any atom is -0.493 e. The number of allylic oxidation sites excluding steroid dienone is 1. The van der Waals surface area contributed by atoms with Crippen LogP contribution in [0.15, 0.2) is 48.0 Å². The molecule has 0 N–H and O–H groups in total. The predicted octanol–water partition coefficient (Wildman–Crippen LogP) is 4.59. The number of ether oxygens (including phenoxy) is 3. The quantitative estimate of drug-likeness (QED) is 0.505. The van der Waals surface area contributed by atoms with E-state index < -0.39 is 0 Å². The summed E-state index contributed by atoms with van der Waals surface area (Å²) in [5.74, 6) is 2.23. The summed E-state index contributed by atoms with van der Waals surface area (Å²) in [6.45, 7) is 4.74. The number of methoxy groups -OCH3 is 2. The number of carbonyl (C=O) groups excluding carboxylic acids is 1. The number of quaternary nitrogens is 1. The zero-order valence-electron chi connectivity index (χ0n) is 18.9. The molecular formula is C26H32NO4+. The van der Waals surface area contributed by atoms with Gasteiger partial charge >= 0.3 is 5.97 Å². The van der Waals surface area contributed by atoms with Crippen molar-refractivity contribution >= 4 is 11.7 Å². The molecule has 31 heavy (non-hydrogen) atoms. The van der Waals surface area contributed by atoms with Crippen molar-refractivity contribution in [3.63, 3.8) is 0 Å². The lowest BCUT2D eigenvalue weighted by Gasteiger charge is -2.41. The average molecular weight is 423 g/mol. The fraction of sp³-hybridized carbons (Fsp3) is 0.423. The maximum absolute atomic E-state index is 11.9. The number of hydrogen-bond donors (Lipinski definition) is 0. The molecule has 2 aliphatic rings. The molecule has 1 heterocycles. The molecule has 2 aromatic carbocycles. The van der Waals surface area contributed by atoms with Crippen LogP contribution in [0.4, 0.5) is 0 Å². The van der Waals surface area contributed by atoms with Crippen LogP contribution in [0.25, 0.3) is 5.76 Å². The van der Waals surface area contributed by atoms with Crippen molar-refractivity contribution in [1.82, 2.24) is 0 Å². The van der Waals surface area contributed by atoms with E-state index in [1.807, 2.05) is 12.1 Å². The monoisotopic (exact) mass is 422 g/mol. The highest BCUT2D eigenvalue weighted by Gasteiger charge is 2.37. The van der Waals surface area contributed by atoms with Gasteiger partial charge in [0.2, 0.25) is 0 Å². The minimum atomic E-state index is -0.282. The largest absolute Gasteiger partial charge is 0.493 e. The summed E-state index contributed by atoms with van der Waals surface area (Å²) in [5, 5.41) is 0. The van der Waals surface area contributed by atoms with Crippen LogP contribution in [-0.4, -0.2) is 44.8 Å². The zero-order chi connectivity index (χ0) is 22.0. The zero-order valence-corrected chi connectivity index (χ0v) is 18.9. The van der Waals surface area contributed by atoms with Crippen molar-refractivity contribution in [3.8, 4) is 11.5 Å². The van der Waals surface area contributed by atoms with Crippen molar-refractivity contribution in [1.29, 1.82) is 0 Å². The van der Waals surface area contributed by atoms with Crippen LogP contribution in [0.3, 0.4) is 0 Å². The highest BCUT2D eigenvalue weighted by Crippen LogP contribution is 2.45. The Morgan fingerprint density at radius 2 is 1.68 bits per heavy atom. The second kappa shape index (κ2) is 8.75. The number of fused-ring (bicyclic) bond motifs is 1. The van der Waals surface area contributed by atoms with Crippen LogP contribution < -0.4 is 9.47 Å². The lowest BCUT2D eigenvalue weighted by atomic mass is 9.86. The summed E-state index contributed by atoms with van der Waals surface area (Å²) in [5.41, 5.74) is 4.72. The smallest absolute Gasteiger partial charge is 0.308 e. The van der Waals surface area contributed by atoms with Gasteiger partial charge in [-0.3, -0.25) is 4.79 Å². The Balaban J connectivity index is 1.57. The summed E-state index contributed by atoms with van der Waals surface area (Å²) in [6.07, 6.45) is 2.97. The highest BCUT2D eigenvalue weighted by molar-refractivity contribution is 5.82. The number of hydrogen-bond acceptors (Lipinski definition) is 4. The number of benzene rings is 2. The van der Waals surface area contributed by atoms with E-state index in [4.69, 9.17) is 14.2 Å². The molecule has 1 aliphatic heterocycles. The summed E-state index contributed by atoms with van der Waals surface area (Å²) in [4.78, 5) is 11.9. The van der Waals surface area contributed by atoms with Crippen LogP contribution in [-0.2, 0) is 22.5 Å². The Hall–Kier alpha value is -2.79. The van der Waals surface area contributed by atoms with Gasteiger partial charge in [-0.15, -0.1) is 0 Å². The summed E-state index contributed by atoms with van der Waals surface area (Å²) in [6, 6.07) is 14.7. The van der Waals surface area contributed by atoms with Gasteiger partial charge in [0, 0.05) is 30.9 Å². The molecule has 0 unspecified atom stereocenters. The van der Waals surface area contributed by atoms with Crippen LogP contribution in [0.1, 0.15) is 36.5 Å². The maximum Gasteiger partial charge on any atom is 0.308 e. The molecule has 0 aromatic heterocycles. The van der Waals surface area contributed by atoms with E-state index in [9.17, 15) is 4.79 Å². The summed E-state index contributed by atoms with van der Waals surface area (Å²) < 4.78 is 17.8. The van der Waals surface area contributed by atoms with E-state index >= 15 is 0 Å². The fourth-order valence-electron chi connectivity index (χ4n) is 5.05. The van der Waals surface area contributed by atoms with E-state index in [0.29, 0.717) is 17.4 Å². The molecule has 0 spiro atoms. The fourth-order valence-corrected chi connectivity index (χ4v) is 5.05. The Labute approximate surface area is 184 Å². The SMILES string of the molecule is COc1cc2c(cc1OC)C(OC(C)=O)=C(C1CC[N+](C)(Cc3ccccc3)CC1)C2. The summed E-state index contributed by atoms with van der Waals surface area (Å²) >= 11 is 0. The van der Waals surface area contributed by atoms with Crippen LogP contribution in [0, 0.1) is 5.92 Å². The van der Waals surface area contributed by atoms with Gasteiger partial charge in [0.25, 0.3) is 0 Å². The normalized spacial score (nSPS) is 22.8. The maximum atomic E-state index is 11.9. The Morgan fingerprint density at radius 1 is 1.03 bits per heavy atom. The van der Waals surface area contributed by atoms with E-state index in [1.54, 1.807) is 14.2 Å². The first-order chi connectivity index (χ1) is 14.9. The van der Waals surface area contributed by atoms with Crippen LogP contribution in [0.5, 0.6) is 11.5 Å². The van der Waals surface area contributed by atoms with E-state index in [1.165, 1.54) is 18.1 Å². The number of esters is 1. The molecule has 0 radical (unpaired) electrons. The van der Waals surface area contributed by atoms with E-state index in [0.717, 1.165) is 60.3 Å². The van der Waals surface area contributed by atoms with Gasteiger partial charge in [0.15, 0.2) is 11.5 Å². The Kier molecular flexibility index (Phi) is 6.05. The lowest BCUT2D eigenvalue weighted by Crippen LogP contribution is -2.49. The predicted molar refractivity (Wildman–Crippen MR) is 121 cm³/mol. The van der Waals surface area contributed by atoms with Crippen molar-refractivity contribution in [2.75, 3.05) is 34.4 Å². The lowest BCUT2D eigenvalue weighted by molar-refractivity contribution is -0.927. The molecule has 0 saturated carbocycles. The minimum absolute atomic E-state index is 0.282. The molecule has 1 aliphatic carbocycles. The van der Waals surface area contributed by atoms with Gasteiger partial charge in [-0.25, -0.2) is 0 Å². The molecular weight excluding hydrogens is 390 g/mol. The number of carbonyl (C=O) groups is 1. The van der Waals surface area contributed by atoms with E-state index in [-0.39, 0.29) is 5.97 Å². The topological polar surface area (TPSA) is 44.8 Å².